The second-order valence-corrected chi connectivity index (χ2v) is 11.3. The number of ether oxygens (including phenoxy) is 4. The van der Waals surface area contributed by atoms with E-state index >= 15 is 0 Å². The number of hydroxylamine groups is 2. The van der Waals surface area contributed by atoms with Crippen LogP contribution < -0.4 is 24.3 Å². The van der Waals surface area contributed by atoms with Crippen LogP contribution >= 0.6 is 0 Å². The van der Waals surface area contributed by atoms with Crippen LogP contribution in [0.5, 0.6) is 23.0 Å². The molecule has 0 radical (unpaired) electrons. The highest BCUT2D eigenvalue weighted by Gasteiger charge is 2.49. The number of benzene rings is 2. The van der Waals surface area contributed by atoms with Gasteiger partial charge in [0, 0.05) is 6.07 Å². The Labute approximate surface area is 260 Å². The summed E-state index contributed by atoms with van der Waals surface area (Å²) in [4.78, 5) is 31.6. The first-order chi connectivity index (χ1) is 21.5. The van der Waals surface area contributed by atoms with Crippen molar-refractivity contribution in [2.75, 3.05) is 20.8 Å². The van der Waals surface area contributed by atoms with Gasteiger partial charge in [0.1, 0.15) is 36.8 Å². The number of pyridine rings is 1. The van der Waals surface area contributed by atoms with E-state index in [1.54, 1.807) is 33.3 Å². The average Bonchev–Trinajstić information content (AvgIpc) is 3.30. The molecule has 0 aliphatic carbocycles. The van der Waals surface area contributed by atoms with Gasteiger partial charge in [0.05, 0.1) is 39.2 Å². The van der Waals surface area contributed by atoms with Gasteiger partial charge in [0.15, 0.2) is 11.5 Å². The van der Waals surface area contributed by atoms with E-state index in [1.165, 1.54) is 6.20 Å². The third kappa shape index (κ3) is 7.63. The van der Waals surface area contributed by atoms with Gasteiger partial charge in [0.2, 0.25) is 5.91 Å². The van der Waals surface area contributed by atoms with Crippen molar-refractivity contribution in [3.05, 3.63) is 89.3 Å². The van der Waals surface area contributed by atoms with Crippen molar-refractivity contribution in [3.8, 4) is 23.0 Å². The average molecular weight is 641 g/mol. The molecule has 0 unspecified atom stereocenters. The predicted molar refractivity (Wildman–Crippen MR) is 159 cm³/mol. The van der Waals surface area contributed by atoms with Crippen LogP contribution in [0, 0.1) is 0 Å². The lowest BCUT2D eigenvalue weighted by atomic mass is 10.0. The first kappa shape index (κ1) is 31.6. The second kappa shape index (κ2) is 13.4. The Bertz CT molecular complexity index is 1680. The standard InChI is InChI=1S/C30H32N4O10S/c1-19-12-25(33-16-26(19)34(30(33)36)44-45(37,38)39)29(35)32-14-22-13-27(42-17-20-4-8-23(40-2)9-5-20)28(15-31-22)43-18-21-6-10-24(41-3)11-7-21/h4-13,15,25-26H,14,16-18H2,1-3H3,(H,32,35)(H,37,38,39)/t25-,26-/m0/s1. The molecule has 3 heterocycles. The Morgan fingerprint density at radius 2 is 1.56 bits per heavy atom. The lowest BCUT2D eigenvalue weighted by Gasteiger charge is -2.27. The maximum atomic E-state index is 13.2. The molecule has 0 saturated carbocycles. The number of carbonyl (C=O) groups is 2. The van der Waals surface area contributed by atoms with Gasteiger partial charge < -0.3 is 29.2 Å². The topological polar surface area (TPSA) is 166 Å². The number of urea groups is 1. The maximum Gasteiger partial charge on any atom is 0.418 e. The summed E-state index contributed by atoms with van der Waals surface area (Å²) < 4.78 is 58.6. The smallest absolute Gasteiger partial charge is 0.418 e. The number of amides is 3. The molecule has 1 fully saturated rings. The Kier molecular flexibility index (Phi) is 9.41. The highest BCUT2D eigenvalue weighted by molar-refractivity contribution is 7.80. The van der Waals surface area contributed by atoms with Crippen LogP contribution in [0.4, 0.5) is 4.79 Å². The molecule has 1 saturated heterocycles. The lowest BCUT2D eigenvalue weighted by Crippen LogP contribution is -2.48. The zero-order valence-corrected chi connectivity index (χ0v) is 25.5. The van der Waals surface area contributed by atoms with Gasteiger partial charge >= 0.3 is 16.4 Å². The summed E-state index contributed by atoms with van der Waals surface area (Å²) in [7, 11) is -1.75. The molecule has 2 aromatic carbocycles. The van der Waals surface area contributed by atoms with E-state index in [0.717, 1.165) is 27.5 Å². The van der Waals surface area contributed by atoms with Crippen molar-refractivity contribution in [1.82, 2.24) is 20.3 Å². The van der Waals surface area contributed by atoms with Crippen molar-refractivity contribution in [2.45, 2.75) is 38.8 Å². The summed E-state index contributed by atoms with van der Waals surface area (Å²) in [6.45, 7) is 2.12. The fourth-order valence-corrected chi connectivity index (χ4v) is 5.21. The van der Waals surface area contributed by atoms with Gasteiger partial charge in [-0.15, -0.1) is 4.28 Å². The molecule has 2 atom stereocenters. The fourth-order valence-electron chi connectivity index (χ4n) is 4.84. The van der Waals surface area contributed by atoms with E-state index < -0.39 is 34.4 Å². The van der Waals surface area contributed by atoms with Gasteiger partial charge in [0.25, 0.3) is 0 Å². The van der Waals surface area contributed by atoms with Crippen molar-refractivity contribution in [1.29, 1.82) is 0 Å². The van der Waals surface area contributed by atoms with E-state index in [4.69, 9.17) is 23.5 Å². The summed E-state index contributed by atoms with van der Waals surface area (Å²) in [5.74, 6) is 1.73. The molecule has 14 nitrogen and oxygen atoms in total. The number of fused-ring (bicyclic) bond motifs is 2. The minimum Gasteiger partial charge on any atom is -0.497 e. The number of hydrogen-bond donors (Lipinski definition) is 2. The molecule has 3 aromatic rings. The Hall–Kier alpha value is -4.86. The number of nitrogens with one attached hydrogen (secondary N) is 1. The first-order valence-electron chi connectivity index (χ1n) is 13.8. The summed E-state index contributed by atoms with van der Waals surface area (Å²) in [6, 6.07) is 13.9. The summed E-state index contributed by atoms with van der Waals surface area (Å²) in [6.07, 6.45) is 3.06. The number of hydrogen-bond acceptors (Lipinski definition) is 10. The van der Waals surface area contributed by atoms with E-state index in [2.05, 4.69) is 14.6 Å². The van der Waals surface area contributed by atoms with E-state index in [9.17, 15) is 18.0 Å². The molecule has 2 aliphatic heterocycles. The minimum absolute atomic E-state index is 0.00340. The third-order valence-corrected chi connectivity index (χ3v) is 7.60. The van der Waals surface area contributed by atoms with Gasteiger partial charge in [-0.1, -0.05) is 30.3 Å². The Morgan fingerprint density at radius 3 is 2.11 bits per heavy atom. The van der Waals surface area contributed by atoms with Crippen LogP contribution in [-0.4, -0.2) is 72.7 Å². The zero-order chi connectivity index (χ0) is 32.1. The molecule has 0 spiro atoms. The number of methoxy groups -OCH3 is 2. The van der Waals surface area contributed by atoms with Crippen LogP contribution in [0.25, 0.3) is 0 Å². The SMILES string of the molecule is COc1ccc(COc2cnc(CNC(=O)[C@@H]3C=C(C)[C@@H]4CN3C(=O)N4OS(=O)(=O)O)cc2OCc2ccc(OC)cc2)cc1. The van der Waals surface area contributed by atoms with E-state index in [-0.39, 0.29) is 26.3 Å². The fraction of sp³-hybridized carbons (Fsp3) is 0.300. The Balaban J connectivity index is 1.28. The highest BCUT2D eigenvalue weighted by atomic mass is 32.3. The van der Waals surface area contributed by atoms with Gasteiger partial charge in [-0.3, -0.25) is 14.3 Å². The largest absolute Gasteiger partial charge is 0.497 e. The van der Waals surface area contributed by atoms with Crippen molar-refractivity contribution >= 4 is 22.3 Å². The molecule has 1 aromatic heterocycles. The minimum atomic E-state index is -4.93. The monoisotopic (exact) mass is 640 g/mol. The predicted octanol–water partition coefficient (Wildman–Crippen LogP) is 3.04. The molecule has 2 bridgehead atoms. The molecule has 238 valence electrons. The molecular formula is C30H32N4O10S. The van der Waals surface area contributed by atoms with Crippen molar-refractivity contribution in [2.24, 2.45) is 0 Å². The molecule has 5 rings (SSSR count). The van der Waals surface area contributed by atoms with Crippen LogP contribution in [0.2, 0.25) is 0 Å². The summed E-state index contributed by atoms with van der Waals surface area (Å²) >= 11 is 0. The normalized spacial score (nSPS) is 17.5. The number of nitrogens with zero attached hydrogens (tertiary/aromatic N) is 3. The van der Waals surface area contributed by atoms with Crippen LogP contribution in [0.1, 0.15) is 23.7 Å². The first-order valence-corrected chi connectivity index (χ1v) is 15.1. The maximum absolute atomic E-state index is 13.2. The molecule has 45 heavy (non-hydrogen) atoms. The Morgan fingerprint density at radius 1 is 0.978 bits per heavy atom. The van der Waals surface area contributed by atoms with E-state index in [0.29, 0.717) is 27.8 Å². The number of rotatable bonds is 13. The summed E-state index contributed by atoms with van der Waals surface area (Å²) in [5.41, 5.74) is 2.79. The molecule has 3 amide bonds. The molecule has 2 aliphatic rings. The van der Waals surface area contributed by atoms with Gasteiger partial charge in [-0.05, 0) is 47.9 Å². The third-order valence-electron chi connectivity index (χ3n) is 7.25. The lowest BCUT2D eigenvalue weighted by molar-refractivity contribution is -0.124. The van der Waals surface area contributed by atoms with Crippen molar-refractivity contribution < 1.29 is 45.8 Å². The molecular weight excluding hydrogens is 608 g/mol. The van der Waals surface area contributed by atoms with Crippen molar-refractivity contribution in [3.63, 3.8) is 0 Å². The van der Waals surface area contributed by atoms with Crippen LogP contribution in [0.15, 0.2) is 72.4 Å². The number of carbonyl (C=O) groups excluding carboxylic acids is 2. The highest BCUT2D eigenvalue weighted by Crippen LogP contribution is 2.32. The van der Waals surface area contributed by atoms with Gasteiger partial charge in [-0.2, -0.15) is 13.5 Å². The molecule has 15 heteroatoms. The number of aromatic nitrogens is 1. The molecule has 2 N–H and O–H groups in total. The second-order valence-electron chi connectivity index (χ2n) is 10.2. The van der Waals surface area contributed by atoms with Crippen LogP contribution in [-0.2, 0) is 39.2 Å². The van der Waals surface area contributed by atoms with Gasteiger partial charge in [-0.25, -0.2) is 4.79 Å². The van der Waals surface area contributed by atoms with Crippen LogP contribution in [0.3, 0.4) is 0 Å². The zero-order valence-electron chi connectivity index (χ0n) is 24.7. The summed E-state index contributed by atoms with van der Waals surface area (Å²) in [5, 5.41) is 3.32. The quantitative estimate of drug-likeness (QED) is 0.208. The van der Waals surface area contributed by atoms with E-state index in [1.807, 2.05) is 48.5 Å².